The zero-order valence-corrected chi connectivity index (χ0v) is 12.2. The van der Waals surface area contributed by atoms with Crippen molar-refractivity contribution in [2.45, 2.75) is 19.9 Å². The molecule has 3 rings (SSSR count). The number of H-pyrrole nitrogens is 1. The molecule has 3 heteroatoms. The Morgan fingerprint density at radius 2 is 1.95 bits per heavy atom. The third-order valence-corrected chi connectivity index (χ3v) is 3.65. The van der Waals surface area contributed by atoms with Gasteiger partial charge in [-0.1, -0.05) is 30.3 Å². The predicted molar refractivity (Wildman–Crippen MR) is 86.9 cm³/mol. The first-order chi connectivity index (χ1) is 10.1. The Hall–Kier alpha value is -2.55. The summed E-state index contributed by atoms with van der Waals surface area (Å²) >= 11 is 0. The highest BCUT2D eigenvalue weighted by molar-refractivity contribution is 6.11. The maximum atomic E-state index is 12.6. The maximum Gasteiger partial charge on any atom is 0.186 e. The number of carbonyl (C=O) groups excluding carboxylic acids is 1. The molecule has 0 aliphatic carbocycles. The number of carbonyl (C=O) groups is 1. The number of hydrogen-bond donors (Lipinski definition) is 2. The molecule has 3 aromatic rings. The van der Waals surface area contributed by atoms with E-state index in [1.807, 2.05) is 62.4 Å². The third-order valence-electron chi connectivity index (χ3n) is 3.65. The first-order valence-electron chi connectivity index (χ1n) is 7.08. The lowest BCUT2D eigenvalue weighted by Gasteiger charge is -2.14. The number of ketones is 1. The number of fused-ring (bicyclic) bond motifs is 1. The number of rotatable bonds is 4. The molecule has 1 atom stereocenters. The Morgan fingerprint density at radius 1 is 1.14 bits per heavy atom. The topological polar surface area (TPSA) is 44.9 Å². The van der Waals surface area contributed by atoms with Crippen LogP contribution in [0.15, 0.2) is 54.7 Å². The quantitative estimate of drug-likeness (QED) is 0.704. The van der Waals surface area contributed by atoms with E-state index in [1.54, 1.807) is 6.20 Å². The third kappa shape index (κ3) is 2.68. The van der Waals surface area contributed by atoms with Crippen LogP contribution in [-0.4, -0.2) is 16.8 Å². The van der Waals surface area contributed by atoms with E-state index in [-0.39, 0.29) is 11.8 Å². The molecule has 0 radical (unpaired) electrons. The molecular weight excluding hydrogens is 260 g/mol. The first-order valence-corrected chi connectivity index (χ1v) is 7.08. The normalized spacial score (nSPS) is 12.3. The van der Waals surface area contributed by atoms with Crippen LogP contribution in [-0.2, 0) is 0 Å². The molecule has 0 aliphatic heterocycles. The Kier molecular flexibility index (Phi) is 3.48. The van der Waals surface area contributed by atoms with Crippen LogP contribution in [0.25, 0.3) is 10.9 Å². The van der Waals surface area contributed by atoms with Gasteiger partial charge in [-0.2, -0.15) is 0 Å². The van der Waals surface area contributed by atoms with E-state index in [2.05, 4.69) is 10.3 Å². The van der Waals surface area contributed by atoms with Gasteiger partial charge in [-0.15, -0.1) is 0 Å². The lowest BCUT2D eigenvalue weighted by atomic mass is 10.0. The monoisotopic (exact) mass is 278 g/mol. The molecule has 0 saturated carbocycles. The van der Waals surface area contributed by atoms with Gasteiger partial charge in [0.05, 0.1) is 6.04 Å². The predicted octanol–water partition coefficient (Wildman–Crippen LogP) is 4.16. The zero-order chi connectivity index (χ0) is 14.8. The van der Waals surface area contributed by atoms with Gasteiger partial charge in [0, 0.05) is 28.4 Å². The first kappa shape index (κ1) is 13.4. The molecule has 0 amide bonds. The minimum atomic E-state index is -0.272. The number of hydrogen-bond acceptors (Lipinski definition) is 2. The van der Waals surface area contributed by atoms with E-state index in [1.165, 1.54) is 5.56 Å². The van der Waals surface area contributed by atoms with Gasteiger partial charge in [-0.25, -0.2) is 0 Å². The van der Waals surface area contributed by atoms with Crippen molar-refractivity contribution < 1.29 is 4.79 Å². The fraction of sp³-hybridized carbons (Fsp3) is 0.167. The van der Waals surface area contributed by atoms with Crippen LogP contribution in [0.1, 0.15) is 22.8 Å². The average Bonchev–Trinajstić information content (AvgIpc) is 2.90. The molecule has 0 fully saturated rings. The van der Waals surface area contributed by atoms with Crippen molar-refractivity contribution in [1.82, 2.24) is 4.98 Å². The highest BCUT2D eigenvalue weighted by atomic mass is 16.1. The average molecular weight is 278 g/mol. The van der Waals surface area contributed by atoms with Crippen molar-refractivity contribution >= 4 is 22.4 Å². The molecule has 0 saturated heterocycles. The van der Waals surface area contributed by atoms with E-state index < -0.39 is 0 Å². The summed E-state index contributed by atoms with van der Waals surface area (Å²) in [5.74, 6) is 0.0916. The number of aromatic nitrogens is 1. The molecule has 1 unspecified atom stereocenters. The van der Waals surface area contributed by atoms with Gasteiger partial charge < -0.3 is 10.3 Å². The van der Waals surface area contributed by atoms with Crippen molar-refractivity contribution in [3.8, 4) is 0 Å². The number of nitrogens with one attached hydrogen (secondary N) is 2. The second kappa shape index (κ2) is 5.44. The summed E-state index contributed by atoms with van der Waals surface area (Å²) in [5, 5.41) is 4.24. The van der Waals surface area contributed by atoms with Crippen LogP contribution < -0.4 is 5.32 Å². The van der Waals surface area contributed by atoms with E-state index in [0.29, 0.717) is 0 Å². The Balaban J connectivity index is 1.84. The zero-order valence-electron chi connectivity index (χ0n) is 12.2. The molecule has 2 N–H and O–H groups in total. The molecule has 1 heterocycles. The van der Waals surface area contributed by atoms with Crippen molar-refractivity contribution in [3.05, 3.63) is 65.9 Å². The SMILES string of the molecule is Cc1cccc(NC(C)C(=O)c2c[nH]c3ccccc23)c1. The second-order valence-electron chi connectivity index (χ2n) is 5.35. The van der Waals surface area contributed by atoms with Gasteiger partial charge in [-0.3, -0.25) is 4.79 Å². The summed E-state index contributed by atoms with van der Waals surface area (Å²) in [7, 11) is 0. The molecule has 106 valence electrons. The highest BCUT2D eigenvalue weighted by Gasteiger charge is 2.18. The van der Waals surface area contributed by atoms with Crippen LogP contribution >= 0.6 is 0 Å². The van der Waals surface area contributed by atoms with Gasteiger partial charge in [0.25, 0.3) is 0 Å². The Morgan fingerprint density at radius 3 is 2.76 bits per heavy atom. The highest BCUT2D eigenvalue weighted by Crippen LogP contribution is 2.20. The van der Waals surface area contributed by atoms with Crippen molar-refractivity contribution in [3.63, 3.8) is 0 Å². The lowest BCUT2D eigenvalue weighted by Crippen LogP contribution is -2.26. The fourth-order valence-electron chi connectivity index (χ4n) is 2.56. The number of benzene rings is 2. The summed E-state index contributed by atoms with van der Waals surface area (Å²) in [4.78, 5) is 15.8. The van der Waals surface area contributed by atoms with E-state index in [9.17, 15) is 4.79 Å². The minimum Gasteiger partial charge on any atom is -0.375 e. The smallest absolute Gasteiger partial charge is 0.186 e. The summed E-state index contributed by atoms with van der Waals surface area (Å²) in [6, 6.07) is 15.6. The van der Waals surface area contributed by atoms with Gasteiger partial charge >= 0.3 is 0 Å². The maximum absolute atomic E-state index is 12.6. The van der Waals surface area contributed by atoms with E-state index in [0.717, 1.165) is 22.2 Å². The largest absolute Gasteiger partial charge is 0.375 e. The summed E-state index contributed by atoms with van der Waals surface area (Å²) in [6.07, 6.45) is 1.79. The minimum absolute atomic E-state index is 0.0916. The summed E-state index contributed by atoms with van der Waals surface area (Å²) in [6.45, 7) is 3.93. The van der Waals surface area contributed by atoms with Gasteiger partial charge in [0.15, 0.2) is 5.78 Å². The Labute approximate surface area is 124 Å². The molecule has 21 heavy (non-hydrogen) atoms. The van der Waals surface area contributed by atoms with Gasteiger partial charge in [0.2, 0.25) is 0 Å². The number of aryl methyl sites for hydroxylation is 1. The summed E-state index contributed by atoms with van der Waals surface area (Å²) < 4.78 is 0. The van der Waals surface area contributed by atoms with Crippen LogP contribution in [0.5, 0.6) is 0 Å². The van der Waals surface area contributed by atoms with E-state index in [4.69, 9.17) is 0 Å². The van der Waals surface area contributed by atoms with Crippen LogP contribution in [0, 0.1) is 6.92 Å². The summed E-state index contributed by atoms with van der Waals surface area (Å²) in [5.41, 5.74) is 3.87. The lowest BCUT2D eigenvalue weighted by molar-refractivity contribution is 0.0977. The fourth-order valence-corrected chi connectivity index (χ4v) is 2.56. The van der Waals surface area contributed by atoms with Crippen LogP contribution in [0.2, 0.25) is 0 Å². The van der Waals surface area contributed by atoms with Crippen molar-refractivity contribution in [2.75, 3.05) is 5.32 Å². The van der Waals surface area contributed by atoms with Crippen LogP contribution in [0.4, 0.5) is 5.69 Å². The van der Waals surface area contributed by atoms with Crippen molar-refractivity contribution in [2.24, 2.45) is 0 Å². The van der Waals surface area contributed by atoms with Gasteiger partial charge in [-0.05, 0) is 37.6 Å². The molecule has 0 aliphatic rings. The Bertz CT molecular complexity index is 789. The molecule has 3 nitrogen and oxygen atoms in total. The number of anilines is 1. The van der Waals surface area contributed by atoms with Crippen LogP contribution in [0.3, 0.4) is 0 Å². The number of para-hydroxylation sites is 1. The number of Topliss-reactive ketones (excluding diaryl/α,β-unsaturated/α-hetero) is 1. The standard InChI is InChI=1S/C18H18N2O/c1-12-6-5-7-14(10-12)20-13(2)18(21)16-11-19-17-9-4-3-8-15(16)17/h3-11,13,19-20H,1-2H3. The molecule has 0 spiro atoms. The second-order valence-corrected chi connectivity index (χ2v) is 5.35. The van der Waals surface area contributed by atoms with Gasteiger partial charge in [0.1, 0.15) is 0 Å². The molecule has 0 bridgehead atoms. The molecule has 1 aromatic heterocycles. The number of aromatic amines is 1. The van der Waals surface area contributed by atoms with Crippen molar-refractivity contribution in [1.29, 1.82) is 0 Å². The van der Waals surface area contributed by atoms with E-state index >= 15 is 0 Å². The molecule has 2 aromatic carbocycles. The molecular formula is C18H18N2O.